The highest BCUT2D eigenvalue weighted by Crippen LogP contribution is 2.28. The van der Waals surface area contributed by atoms with Crippen molar-refractivity contribution in [3.8, 4) is 0 Å². The van der Waals surface area contributed by atoms with Crippen LogP contribution in [-0.4, -0.2) is 25.6 Å². The average molecular weight is 346 g/mol. The molecule has 88 valence electrons. The van der Waals surface area contributed by atoms with E-state index in [1.54, 1.807) is 0 Å². The molecule has 2 aliphatic rings. The minimum absolute atomic E-state index is 0.287. The maximum absolute atomic E-state index is 4.90. The maximum Gasteiger partial charge on any atom is 0.127 e. The SMILES string of the molecule is BBC1N=C2C=CC(I)=CN2Cc2ccccc21. The van der Waals surface area contributed by atoms with E-state index >= 15 is 0 Å². The molecule has 1 aromatic carbocycles. The van der Waals surface area contributed by atoms with E-state index in [9.17, 15) is 0 Å². The van der Waals surface area contributed by atoms with Crippen molar-refractivity contribution in [3.63, 3.8) is 0 Å². The molecule has 0 saturated carbocycles. The van der Waals surface area contributed by atoms with Gasteiger partial charge in [0.15, 0.2) is 0 Å². The van der Waals surface area contributed by atoms with Crippen LogP contribution in [0.4, 0.5) is 0 Å². The lowest BCUT2D eigenvalue weighted by atomic mass is 9.49. The molecule has 1 aromatic rings. The van der Waals surface area contributed by atoms with Crippen LogP contribution in [-0.2, 0) is 6.54 Å². The fourth-order valence-corrected chi connectivity index (χ4v) is 2.99. The van der Waals surface area contributed by atoms with E-state index in [2.05, 4.69) is 77.8 Å². The molecular weight excluding hydrogens is 333 g/mol. The number of allylic oxidation sites excluding steroid dienone is 2. The van der Waals surface area contributed by atoms with E-state index in [-0.39, 0.29) is 5.94 Å². The molecule has 0 radical (unpaired) electrons. The van der Waals surface area contributed by atoms with Crippen molar-refractivity contribution in [2.24, 2.45) is 4.99 Å². The predicted octanol–water partition coefficient (Wildman–Crippen LogP) is 1.73. The van der Waals surface area contributed by atoms with Crippen LogP contribution >= 0.6 is 22.6 Å². The van der Waals surface area contributed by atoms with Gasteiger partial charge >= 0.3 is 0 Å². The van der Waals surface area contributed by atoms with Gasteiger partial charge in [0.1, 0.15) is 13.0 Å². The first-order chi connectivity index (χ1) is 8.78. The van der Waals surface area contributed by atoms with Gasteiger partial charge < -0.3 is 4.90 Å². The number of nitrogens with zero attached hydrogens (tertiary/aromatic N) is 2. The molecule has 1 unspecified atom stereocenters. The molecule has 3 rings (SSSR count). The van der Waals surface area contributed by atoms with Crippen molar-refractivity contribution >= 4 is 43.3 Å². The third-order valence-corrected chi connectivity index (χ3v) is 4.03. The summed E-state index contributed by atoms with van der Waals surface area (Å²) in [4.78, 5) is 7.15. The molecular formula is C13H13B2IN2. The minimum atomic E-state index is 0.287. The highest BCUT2D eigenvalue weighted by Gasteiger charge is 2.22. The normalized spacial score (nSPS) is 21.4. The van der Waals surface area contributed by atoms with Crippen LogP contribution in [0.15, 0.2) is 51.2 Å². The van der Waals surface area contributed by atoms with Crippen molar-refractivity contribution in [1.29, 1.82) is 0 Å². The zero-order valence-corrected chi connectivity index (χ0v) is 12.5. The lowest BCUT2D eigenvalue weighted by Gasteiger charge is -2.22. The summed E-state index contributed by atoms with van der Waals surface area (Å²) < 4.78 is 1.25. The number of rotatable bonds is 1. The number of halogens is 1. The monoisotopic (exact) mass is 346 g/mol. The smallest absolute Gasteiger partial charge is 0.127 e. The Morgan fingerprint density at radius 3 is 3.00 bits per heavy atom. The fourth-order valence-electron chi connectivity index (χ4n) is 2.48. The first kappa shape index (κ1) is 12.1. The summed E-state index contributed by atoms with van der Waals surface area (Å²) in [5.41, 5.74) is 2.76. The lowest BCUT2D eigenvalue weighted by molar-refractivity contribution is 0.555. The summed E-state index contributed by atoms with van der Waals surface area (Å²) >= 11 is 2.35. The Balaban J connectivity index is 2.09. The summed E-state index contributed by atoms with van der Waals surface area (Å²) in [6, 6.07) is 8.66. The van der Waals surface area contributed by atoms with Crippen molar-refractivity contribution < 1.29 is 0 Å². The fraction of sp³-hybridized carbons (Fsp3) is 0.154. The van der Waals surface area contributed by atoms with E-state index in [1.165, 1.54) is 14.7 Å². The van der Waals surface area contributed by atoms with Gasteiger partial charge in [-0.2, -0.15) is 0 Å². The second-order valence-corrected chi connectivity index (χ2v) is 5.83. The number of amidine groups is 1. The quantitative estimate of drug-likeness (QED) is 0.559. The van der Waals surface area contributed by atoms with Crippen molar-refractivity contribution in [3.05, 3.63) is 57.3 Å². The van der Waals surface area contributed by atoms with E-state index in [0.29, 0.717) is 0 Å². The van der Waals surface area contributed by atoms with Crippen LogP contribution in [0.25, 0.3) is 0 Å². The van der Waals surface area contributed by atoms with Crippen molar-refractivity contribution in [2.45, 2.75) is 12.5 Å². The van der Waals surface area contributed by atoms with Gasteiger partial charge in [-0.15, -0.1) is 0 Å². The predicted molar refractivity (Wildman–Crippen MR) is 89.1 cm³/mol. The topological polar surface area (TPSA) is 15.6 Å². The number of benzene rings is 1. The van der Waals surface area contributed by atoms with E-state index in [0.717, 1.165) is 19.6 Å². The van der Waals surface area contributed by atoms with Crippen LogP contribution < -0.4 is 0 Å². The Kier molecular flexibility index (Phi) is 3.33. The van der Waals surface area contributed by atoms with Crippen molar-refractivity contribution in [1.82, 2.24) is 4.90 Å². The molecule has 0 bridgehead atoms. The maximum atomic E-state index is 4.90. The van der Waals surface area contributed by atoms with Gasteiger partial charge in [0.05, 0.1) is 7.74 Å². The van der Waals surface area contributed by atoms with Crippen LogP contribution in [0.2, 0.25) is 0 Å². The summed E-state index contributed by atoms with van der Waals surface area (Å²) in [6.07, 6.45) is 6.42. The van der Waals surface area contributed by atoms with E-state index in [1.807, 2.05) is 0 Å². The van der Waals surface area contributed by atoms with Crippen LogP contribution in [0.3, 0.4) is 0 Å². The molecule has 2 heterocycles. The molecule has 1 atom stereocenters. The van der Waals surface area contributed by atoms with E-state index in [4.69, 9.17) is 4.99 Å². The van der Waals surface area contributed by atoms with Crippen LogP contribution in [0, 0.1) is 0 Å². The second kappa shape index (κ2) is 4.96. The first-order valence-corrected chi connectivity index (χ1v) is 7.33. The van der Waals surface area contributed by atoms with Gasteiger partial charge in [0.2, 0.25) is 0 Å². The van der Waals surface area contributed by atoms with Gasteiger partial charge in [-0.3, -0.25) is 4.99 Å². The molecule has 18 heavy (non-hydrogen) atoms. The molecule has 0 spiro atoms. The van der Waals surface area contributed by atoms with Crippen molar-refractivity contribution in [2.75, 3.05) is 0 Å². The van der Waals surface area contributed by atoms with Crippen LogP contribution in [0.1, 0.15) is 17.1 Å². The molecule has 2 aliphatic heterocycles. The molecule has 0 aromatic heterocycles. The molecule has 0 N–H and O–H groups in total. The molecule has 0 amide bonds. The molecule has 5 heteroatoms. The van der Waals surface area contributed by atoms with Gasteiger partial charge in [0, 0.05) is 22.3 Å². The van der Waals surface area contributed by atoms with E-state index < -0.39 is 0 Å². The Hall–Kier alpha value is -0.970. The summed E-state index contributed by atoms with van der Waals surface area (Å²) in [6.45, 7) is 0.919. The number of fused-ring (bicyclic) bond motifs is 2. The Labute approximate surface area is 123 Å². The largest absolute Gasteiger partial charge is 0.328 e. The molecule has 2 nitrogen and oxygen atoms in total. The number of aliphatic imine (C=N–C) groups is 1. The third-order valence-electron chi connectivity index (χ3n) is 3.39. The average Bonchev–Trinajstić information content (AvgIpc) is 2.54. The Morgan fingerprint density at radius 2 is 2.17 bits per heavy atom. The zero-order valence-electron chi connectivity index (χ0n) is 10.3. The molecule has 0 fully saturated rings. The van der Waals surface area contributed by atoms with Crippen LogP contribution in [0.5, 0.6) is 0 Å². The standard InChI is InChI=1S/C13H13B2IN2/c14-15-13-11-4-2-1-3-9(11)7-18-8-10(16)5-6-12(18)17-13/h1-6,8,13,15H,7,14H2. The zero-order chi connectivity index (χ0) is 12.5. The summed E-state index contributed by atoms with van der Waals surface area (Å²) in [5, 5.41) is 0. The van der Waals surface area contributed by atoms with Gasteiger partial charge in [-0.25, -0.2) is 0 Å². The first-order valence-electron chi connectivity index (χ1n) is 6.25. The highest BCUT2D eigenvalue weighted by atomic mass is 127. The van der Waals surface area contributed by atoms with Gasteiger partial charge in [-0.1, -0.05) is 24.3 Å². The highest BCUT2D eigenvalue weighted by molar-refractivity contribution is 14.1. The third kappa shape index (κ3) is 2.16. The molecule has 0 saturated heterocycles. The Bertz CT molecular complexity index is 566. The summed E-state index contributed by atoms with van der Waals surface area (Å²) in [5.74, 6) is 1.37. The second-order valence-electron chi connectivity index (χ2n) is 4.59. The Morgan fingerprint density at radius 1 is 1.33 bits per heavy atom. The minimum Gasteiger partial charge on any atom is -0.328 e. The van der Waals surface area contributed by atoms with Gasteiger partial charge in [-0.05, 0) is 45.9 Å². The number of hydrogen-bond donors (Lipinski definition) is 0. The molecule has 0 aliphatic carbocycles. The van der Waals surface area contributed by atoms with Gasteiger partial charge in [0.25, 0.3) is 0 Å². The lowest BCUT2D eigenvalue weighted by Crippen LogP contribution is -2.25. The summed E-state index contributed by atoms with van der Waals surface area (Å²) in [7, 11) is 3.25. The number of hydrogen-bond acceptors (Lipinski definition) is 2.